The van der Waals surface area contributed by atoms with Gasteiger partial charge in [-0.25, -0.2) is 0 Å². The van der Waals surface area contributed by atoms with Gasteiger partial charge in [-0.2, -0.15) is 0 Å². The molecule has 0 spiro atoms. The first-order chi connectivity index (χ1) is 5.24. The number of aliphatic hydroxyl groups is 1. The molecule has 60 valence electrons. The maximum atomic E-state index is 9.26. The third-order valence-electron chi connectivity index (χ3n) is 1.38. The molecule has 1 nitrogen and oxygen atoms in total. The van der Waals surface area contributed by atoms with Gasteiger partial charge in [0.05, 0.1) is 12.0 Å². The van der Waals surface area contributed by atoms with Gasteiger partial charge in [-0.3, -0.25) is 0 Å². The van der Waals surface area contributed by atoms with E-state index >= 15 is 0 Å². The summed E-state index contributed by atoms with van der Waals surface area (Å²) in [6, 6.07) is 7.03. The molecule has 1 aromatic rings. The molecule has 1 atom stereocenters. The highest BCUT2D eigenvalue weighted by Gasteiger charge is 2.04. The normalized spacial score (nSPS) is 13.0. The van der Waals surface area contributed by atoms with Crippen LogP contribution in [0.1, 0.15) is 11.7 Å². The topological polar surface area (TPSA) is 20.2 Å². The lowest BCUT2D eigenvalue weighted by Crippen LogP contribution is -1.97. The highest BCUT2D eigenvalue weighted by atomic mass is 35.5. The summed E-state index contributed by atoms with van der Waals surface area (Å²) >= 11 is 11.1. The van der Waals surface area contributed by atoms with Crippen LogP contribution in [-0.4, -0.2) is 11.0 Å². The quantitative estimate of drug-likeness (QED) is 0.712. The van der Waals surface area contributed by atoms with E-state index < -0.39 is 6.10 Å². The van der Waals surface area contributed by atoms with Crippen LogP contribution in [-0.2, 0) is 0 Å². The fourth-order valence-electron chi connectivity index (χ4n) is 0.803. The minimum atomic E-state index is -0.615. The molecule has 0 aliphatic rings. The molecular weight excluding hydrogens is 183 g/mol. The van der Waals surface area contributed by atoms with E-state index in [0.29, 0.717) is 5.02 Å². The van der Waals surface area contributed by atoms with Crippen LogP contribution >= 0.6 is 23.2 Å². The van der Waals surface area contributed by atoms with Gasteiger partial charge < -0.3 is 5.11 Å². The first kappa shape index (κ1) is 8.85. The Kier molecular flexibility index (Phi) is 3.18. The summed E-state index contributed by atoms with van der Waals surface area (Å²) in [7, 11) is 0. The highest BCUT2D eigenvalue weighted by Crippen LogP contribution is 2.18. The van der Waals surface area contributed by atoms with Crippen molar-refractivity contribution >= 4 is 23.2 Å². The Hall–Kier alpha value is -0.240. The van der Waals surface area contributed by atoms with E-state index in [1.165, 1.54) is 0 Å². The Labute approximate surface area is 75.6 Å². The van der Waals surface area contributed by atoms with Crippen LogP contribution in [0.25, 0.3) is 0 Å². The minimum absolute atomic E-state index is 0.195. The molecule has 0 aliphatic carbocycles. The van der Waals surface area contributed by atoms with Crippen LogP contribution in [0.5, 0.6) is 0 Å². The molecule has 0 saturated heterocycles. The van der Waals surface area contributed by atoms with E-state index in [2.05, 4.69) is 0 Å². The molecule has 0 heterocycles. The van der Waals surface area contributed by atoms with Crippen molar-refractivity contribution in [3.05, 3.63) is 34.9 Å². The zero-order chi connectivity index (χ0) is 8.27. The van der Waals surface area contributed by atoms with E-state index in [1.807, 2.05) is 0 Å². The standard InChI is InChI=1S/C8H8Cl2O/c9-5-8(11)6-2-1-3-7(10)4-6/h1-4,8,11H,5H2/t8-/m1/s1. The Morgan fingerprint density at radius 1 is 1.45 bits per heavy atom. The van der Waals surface area contributed by atoms with Crippen molar-refractivity contribution in [2.45, 2.75) is 6.10 Å². The average molecular weight is 191 g/mol. The van der Waals surface area contributed by atoms with E-state index in [-0.39, 0.29) is 5.88 Å². The van der Waals surface area contributed by atoms with Crippen LogP contribution in [0.15, 0.2) is 24.3 Å². The average Bonchev–Trinajstić information content (AvgIpc) is 2.03. The summed E-state index contributed by atoms with van der Waals surface area (Å²) in [5.74, 6) is 0.195. The highest BCUT2D eigenvalue weighted by molar-refractivity contribution is 6.30. The first-order valence-electron chi connectivity index (χ1n) is 3.23. The second-order valence-electron chi connectivity index (χ2n) is 2.23. The van der Waals surface area contributed by atoms with Gasteiger partial charge in [0.15, 0.2) is 0 Å². The molecule has 0 saturated carbocycles. The summed E-state index contributed by atoms with van der Waals surface area (Å²) in [6.07, 6.45) is -0.615. The number of hydrogen-bond acceptors (Lipinski definition) is 1. The van der Waals surface area contributed by atoms with Gasteiger partial charge >= 0.3 is 0 Å². The van der Waals surface area contributed by atoms with Gasteiger partial charge in [0, 0.05) is 5.02 Å². The molecule has 1 N–H and O–H groups in total. The van der Waals surface area contributed by atoms with Gasteiger partial charge in [-0.1, -0.05) is 23.7 Å². The van der Waals surface area contributed by atoms with Crippen molar-refractivity contribution < 1.29 is 5.11 Å². The zero-order valence-corrected chi connectivity index (χ0v) is 7.31. The van der Waals surface area contributed by atoms with Gasteiger partial charge in [0.2, 0.25) is 0 Å². The zero-order valence-electron chi connectivity index (χ0n) is 5.80. The van der Waals surface area contributed by atoms with E-state index in [4.69, 9.17) is 23.2 Å². The molecule has 0 radical (unpaired) electrons. The number of halogens is 2. The molecule has 1 rings (SSSR count). The third-order valence-corrected chi connectivity index (χ3v) is 1.91. The minimum Gasteiger partial charge on any atom is -0.387 e. The van der Waals surface area contributed by atoms with Crippen molar-refractivity contribution in [3.8, 4) is 0 Å². The van der Waals surface area contributed by atoms with Gasteiger partial charge in [-0.15, -0.1) is 11.6 Å². The monoisotopic (exact) mass is 190 g/mol. The van der Waals surface area contributed by atoms with Crippen molar-refractivity contribution in [1.82, 2.24) is 0 Å². The maximum absolute atomic E-state index is 9.26. The Balaban J connectivity index is 2.86. The lowest BCUT2D eigenvalue weighted by Gasteiger charge is -2.05. The fraction of sp³-hybridized carbons (Fsp3) is 0.250. The molecule has 0 amide bonds. The van der Waals surface area contributed by atoms with Crippen LogP contribution in [0.3, 0.4) is 0 Å². The lowest BCUT2D eigenvalue weighted by atomic mass is 10.1. The van der Waals surface area contributed by atoms with Crippen LogP contribution in [0, 0.1) is 0 Å². The van der Waals surface area contributed by atoms with Crippen LogP contribution in [0.4, 0.5) is 0 Å². The fourth-order valence-corrected chi connectivity index (χ4v) is 1.18. The molecule has 11 heavy (non-hydrogen) atoms. The summed E-state index contributed by atoms with van der Waals surface area (Å²) in [5.41, 5.74) is 0.757. The number of aliphatic hydroxyl groups excluding tert-OH is 1. The molecule has 0 unspecified atom stereocenters. The van der Waals surface area contributed by atoms with Gasteiger partial charge in [0.25, 0.3) is 0 Å². The second kappa shape index (κ2) is 3.96. The number of benzene rings is 1. The van der Waals surface area contributed by atoms with Crippen molar-refractivity contribution in [1.29, 1.82) is 0 Å². The van der Waals surface area contributed by atoms with E-state index in [1.54, 1.807) is 24.3 Å². The van der Waals surface area contributed by atoms with Crippen LogP contribution < -0.4 is 0 Å². The smallest absolute Gasteiger partial charge is 0.0925 e. The Bertz CT molecular complexity index is 237. The van der Waals surface area contributed by atoms with Gasteiger partial charge in [-0.05, 0) is 17.7 Å². The molecule has 0 fully saturated rings. The summed E-state index contributed by atoms with van der Waals surface area (Å²) in [5, 5.41) is 9.88. The SMILES string of the molecule is O[C@H](CCl)c1cccc(Cl)c1. The largest absolute Gasteiger partial charge is 0.387 e. The van der Waals surface area contributed by atoms with E-state index in [0.717, 1.165) is 5.56 Å². The number of alkyl halides is 1. The number of rotatable bonds is 2. The molecule has 1 aromatic carbocycles. The second-order valence-corrected chi connectivity index (χ2v) is 2.97. The molecule has 3 heteroatoms. The van der Waals surface area contributed by atoms with Crippen LogP contribution in [0.2, 0.25) is 5.02 Å². The van der Waals surface area contributed by atoms with Crippen molar-refractivity contribution in [2.75, 3.05) is 5.88 Å². The molecule has 0 aromatic heterocycles. The summed E-state index contributed by atoms with van der Waals surface area (Å²) in [6.45, 7) is 0. The maximum Gasteiger partial charge on any atom is 0.0925 e. The predicted molar refractivity (Wildman–Crippen MR) is 47.1 cm³/mol. The lowest BCUT2D eigenvalue weighted by molar-refractivity contribution is 0.202. The van der Waals surface area contributed by atoms with E-state index in [9.17, 15) is 5.11 Å². The molecular formula is C8H8Cl2O. The summed E-state index contributed by atoms with van der Waals surface area (Å²) < 4.78 is 0. The third kappa shape index (κ3) is 2.37. The van der Waals surface area contributed by atoms with Gasteiger partial charge in [0.1, 0.15) is 0 Å². The van der Waals surface area contributed by atoms with Crippen molar-refractivity contribution in [3.63, 3.8) is 0 Å². The first-order valence-corrected chi connectivity index (χ1v) is 4.15. The molecule has 0 aliphatic heterocycles. The Morgan fingerprint density at radius 2 is 2.18 bits per heavy atom. The van der Waals surface area contributed by atoms with Crippen molar-refractivity contribution in [2.24, 2.45) is 0 Å². The Morgan fingerprint density at radius 3 is 2.73 bits per heavy atom. The molecule has 0 bridgehead atoms. The predicted octanol–water partition coefficient (Wildman–Crippen LogP) is 2.61. The number of hydrogen-bond donors (Lipinski definition) is 1. The summed E-state index contributed by atoms with van der Waals surface area (Å²) in [4.78, 5) is 0.